The van der Waals surface area contributed by atoms with Crippen LogP contribution in [0.4, 0.5) is 5.82 Å². The number of benzene rings is 1. The quantitative estimate of drug-likeness (QED) is 0.380. The second kappa shape index (κ2) is 11.2. The zero-order valence-corrected chi connectivity index (χ0v) is 19.1. The average Bonchev–Trinajstić information content (AvgIpc) is 2.70. The number of hydrogen-bond acceptors (Lipinski definition) is 4. The molecule has 0 saturated carbocycles. The molecule has 2 aromatic rings. The lowest BCUT2D eigenvalue weighted by Gasteiger charge is -2.32. The summed E-state index contributed by atoms with van der Waals surface area (Å²) in [6.07, 6.45) is 2.18. The average molecular weight is 495 g/mol. The summed E-state index contributed by atoms with van der Waals surface area (Å²) in [7, 11) is 1.79. The van der Waals surface area contributed by atoms with Crippen LogP contribution in [0.15, 0.2) is 47.6 Å². The number of ether oxygens (including phenoxy) is 1. The van der Waals surface area contributed by atoms with Gasteiger partial charge in [-0.1, -0.05) is 30.3 Å². The molecule has 1 aromatic heterocycles. The van der Waals surface area contributed by atoms with Crippen LogP contribution in [-0.4, -0.2) is 43.8 Å². The molecule has 1 aliphatic heterocycles. The van der Waals surface area contributed by atoms with Crippen LogP contribution in [0.25, 0.3) is 0 Å². The van der Waals surface area contributed by atoms with E-state index in [0.29, 0.717) is 6.54 Å². The maximum absolute atomic E-state index is 5.59. The molecule has 0 bridgehead atoms. The van der Waals surface area contributed by atoms with Crippen molar-refractivity contribution in [1.82, 2.24) is 15.6 Å². The summed E-state index contributed by atoms with van der Waals surface area (Å²) >= 11 is 0. The number of hydrogen-bond donors (Lipinski definition) is 2. The normalized spacial score (nSPS) is 17.0. The standard InChI is InChI=1S/C21H29N5O.HI/c1-16-6-4-5-7-19(16)14-25-21(22-3)24-13-18-8-9-20(23-12-18)26-10-11-27-17(2)15-26;/h4-9,12,17H,10-11,13-15H2,1-3H3,(H2,22,24,25);1H. The zero-order valence-electron chi connectivity index (χ0n) is 16.8. The fraction of sp³-hybridized carbons (Fsp3) is 0.429. The smallest absolute Gasteiger partial charge is 0.191 e. The highest BCUT2D eigenvalue weighted by atomic mass is 127. The fourth-order valence-electron chi connectivity index (χ4n) is 3.13. The molecule has 2 heterocycles. The first-order valence-corrected chi connectivity index (χ1v) is 9.46. The Labute approximate surface area is 184 Å². The van der Waals surface area contributed by atoms with E-state index in [9.17, 15) is 0 Å². The van der Waals surface area contributed by atoms with Gasteiger partial charge in [-0.3, -0.25) is 4.99 Å². The van der Waals surface area contributed by atoms with E-state index in [-0.39, 0.29) is 30.1 Å². The van der Waals surface area contributed by atoms with Gasteiger partial charge in [-0.05, 0) is 36.6 Å². The molecule has 7 heteroatoms. The molecule has 1 unspecified atom stereocenters. The lowest BCUT2D eigenvalue weighted by Crippen LogP contribution is -2.41. The topological polar surface area (TPSA) is 61.8 Å². The molecule has 1 aliphatic rings. The Bertz CT molecular complexity index is 766. The van der Waals surface area contributed by atoms with E-state index in [1.807, 2.05) is 6.20 Å². The molecular formula is C21H30IN5O. The van der Waals surface area contributed by atoms with Crippen LogP contribution in [0.2, 0.25) is 0 Å². The first-order valence-electron chi connectivity index (χ1n) is 9.46. The number of pyridine rings is 1. The van der Waals surface area contributed by atoms with Crippen molar-refractivity contribution in [3.8, 4) is 0 Å². The van der Waals surface area contributed by atoms with Gasteiger partial charge in [-0.15, -0.1) is 24.0 Å². The van der Waals surface area contributed by atoms with E-state index in [2.05, 4.69) is 75.8 Å². The molecule has 0 radical (unpaired) electrons. The minimum absolute atomic E-state index is 0. The summed E-state index contributed by atoms with van der Waals surface area (Å²) in [4.78, 5) is 11.2. The molecule has 152 valence electrons. The number of morpholine rings is 1. The minimum Gasteiger partial charge on any atom is -0.375 e. The van der Waals surface area contributed by atoms with Crippen LogP contribution >= 0.6 is 24.0 Å². The summed E-state index contributed by atoms with van der Waals surface area (Å²) in [5.41, 5.74) is 3.67. The van der Waals surface area contributed by atoms with Gasteiger partial charge in [0.25, 0.3) is 0 Å². The summed E-state index contributed by atoms with van der Waals surface area (Å²) in [6.45, 7) is 8.19. The SMILES string of the molecule is CN=C(NCc1ccc(N2CCOC(C)C2)nc1)NCc1ccccc1C.I. The Balaban J connectivity index is 0.00000280. The number of aliphatic imine (C=N–C) groups is 1. The zero-order chi connectivity index (χ0) is 19.1. The van der Waals surface area contributed by atoms with Gasteiger partial charge < -0.3 is 20.3 Å². The number of rotatable bonds is 5. The van der Waals surface area contributed by atoms with Gasteiger partial charge in [-0.25, -0.2) is 4.98 Å². The van der Waals surface area contributed by atoms with E-state index in [1.54, 1.807) is 7.05 Å². The molecule has 0 aliphatic carbocycles. The van der Waals surface area contributed by atoms with Gasteiger partial charge in [0.1, 0.15) is 5.82 Å². The third kappa shape index (κ3) is 6.34. The van der Waals surface area contributed by atoms with E-state index in [1.165, 1.54) is 11.1 Å². The van der Waals surface area contributed by atoms with E-state index in [4.69, 9.17) is 4.74 Å². The lowest BCUT2D eigenvalue weighted by atomic mass is 10.1. The van der Waals surface area contributed by atoms with Gasteiger partial charge in [-0.2, -0.15) is 0 Å². The molecule has 1 saturated heterocycles. The van der Waals surface area contributed by atoms with Gasteiger partial charge in [0.15, 0.2) is 5.96 Å². The maximum Gasteiger partial charge on any atom is 0.191 e. The third-order valence-electron chi connectivity index (χ3n) is 4.77. The Morgan fingerprint density at radius 3 is 2.68 bits per heavy atom. The number of aromatic nitrogens is 1. The van der Waals surface area contributed by atoms with Crippen LogP contribution in [-0.2, 0) is 17.8 Å². The first-order chi connectivity index (χ1) is 13.2. The third-order valence-corrected chi connectivity index (χ3v) is 4.77. The van der Waals surface area contributed by atoms with Crippen LogP contribution in [0.1, 0.15) is 23.6 Å². The Kier molecular flexibility index (Phi) is 8.98. The number of nitrogens with zero attached hydrogens (tertiary/aromatic N) is 3. The highest BCUT2D eigenvalue weighted by molar-refractivity contribution is 14.0. The Morgan fingerprint density at radius 2 is 2.00 bits per heavy atom. The number of anilines is 1. The van der Waals surface area contributed by atoms with Crippen molar-refractivity contribution in [3.63, 3.8) is 0 Å². The molecule has 6 nitrogen and oxygen atoms in total. The van der Waals surface area contributed by atoms with Gasteiger partial charge in [0.2, 0.25) is 0 Å². The molecule has 3 rings (SSSR count). The highest BCUT2D eigenvalue weighted by Crippen LogP contribution is 2.15. The Hall–Kier alpha value is -1.87. The molecule has 2 N–H and O–H groups in total. The second-order valence-corrected chi connectivity index (χ2v) is 6.86. The fourth-order valence-corrected chi connectivity index (χ4v) is 3.13. The van der Waals surface area contributed by atoms with Crippen LogP contribution < -0.4 is 15.5 Å². The summed E-state index contributed by atoms with van der Waals surface area (Å²) in [5.74, 6) is 1.79. The Morgan fingerprint density at radius 1 is 1.21 bits per heavy atom. The number of aryl methyl sites for hydroxylation is 1. The van der Waals surface area contributed by atoms with Crippen molar-refractivity contribution >= 4 is 35.8 Å². The van der Waals surface area contributed by atoms with E-state index >= 15 is 0 Å². The first kappa shape index (κ1) is 22.4. The van der Waals surface area contributed by atoms with Crippen molar-refractivity contribution in [2.24, 2.45) is 4.99 Å². The predicted octanol–water partition coefficient (Wildman–Crippen LogP) is 3.10. The van der Waals surface area contributed by atoms with Crippen molar-refractivity contribution in [1.29, 1.82) is 0 Å². The van der Waals surface area contributed by atoms with E-state index in [0.717, 1.165) is 43.6 Å². The molecular weight excluding hydrogens is 465 g/mol. The number of halogens is 1. The summed E-state index contributed by atoms with van der Waals surface area (Å²) in [5, 5.41) is 6.71. The molecule has 1 atom stereocenters. The summed E-state index contributed by atoms with van der Waals surface area (Å²) in [6, 6.07) is 12.6. The second-order valence-electron chi connectivity index (χ2n) is 6.86. The van der Waals surface area contributed by atoms with Crippen LogP contribution in [0.3, 0.4) is 0 Å². The van der Waals surface area contributed by atoms with Crippen LogP contribution in [0, 0.1) is 6.92 Å². The highest BCUT2D eigenvalue weighted by Gasteiger charge is 2.17. The molecule has 0 spiro atoms. The molecule has 28 heavy (non-hydrogen) atoms. The van der Waals surface area contributed by atoms with Gasteiger partial charge in [0, 0.05) is 39.4 Å². The van der Waals surface area contributed by atoms with Gasteiger partial charge in [0.05, 0.1) is 12.7 Å². The maximum atomic E-state index is 5.59. The van der Waals surface area contributed by atoms with Gasteiger partial charge >= 0.3 is 0 Å². The van der Waals surface area contributed by atoms with Crippen molar-refractivity contribution in [3.05, 3.63) is 59.3 Å². The van der Waals surface area contributed by atoms with Crippen molar-refractivity contribution in [2.75, 3.05) is 31.6 Å². The number of nitrogens with one attached hydrogen (secondary N) is 2. The van der Waals surface area contributed by atoms with Crippen LogP contribution in [0.5, 0.6) is 0 Å². The minimum atomic E-state index is 0. The molecule has 1 aromatic carbocycles. The predicted molar refractivity (Wildman–Crippen MR) is 125 cm³/mol. The largest absolute Gasteiger partial charge is 0.375 e. The monoisotopic (exact) mass is 495 g/mol. The lowest BCUT2D eigenvalue weighted by molar-refractivity contribution is 0.0529. The molecule has 0 amide bonds. The van der Waals surface area contributed by atoms with E-state index < -0.39 is 0 Å². The summed E-state index contributed by atoms with van der Waals surface area (Å²) < 4.78 is 5.59. The molecule has 1 fully saturated rings. The van der Waals surface area contributed by atoms with Crippen molar-refractivity contribution in [2.45, 2.75) is 33.0 Å². The van der Waals surface area contributed by atoms with Crippen molar-refractivity contribution < 1.29 is 4.74 Å². The number of guanidine groups is 1.